The van der Waals surface area contributed by atoms with Crippen molar-refractivity contribution in [1.29, 1.82) is 0 Å². The Hall–Kier alpha value is -1.56. The molecule has 2 N–H and O–H groups in total. The molecule has 0 aromatic carbocycles. The van der Waals surface area contributed by atoms with Crippen LogP contribution in [0.25, 0.3) is 0 Å². The molecule has 1 amide bonds. The van der Waals surface area contributed by atoms with Gasteiger partial charge in [-0.2, -0.15) is 5.10 Å². The van der Waals surface area contributed by atoms with Crippen LogP contribution < -0.4 is 5.73 Å². The molecule has 1 rings (SSSR count). The van der Waals surface area contributed by atoms with E-state index in [1.165, 1.54) is 0 Å². The molecule has 6 nitrogen and oxygen atoms in total. The highest BCUT2D eigenvalue weighted by Crippen LogP contribution is 2.15. The summed E-state index contributed by atoms with van der Waals surface area (Å²) in [6, 6.07) is 0.187. The number of amides is 1. The minimum Gasteiger partial charge on any atom is -0.396 e. The summed E-state index contributed by atoms with van der Waals surface area (Å²) in [6.07, 6.45) is 0.911. The Labute approximate surface area is 120 Å². The lowest BCUT2D eigenvalue weighted by molar-refractivity contribution is -0.134. The summed E-state index contributed by atoms with van der Waals surface area (Å²) >= 11 is 0. The number of nitrogen functional groups attached to an aromatic ring is 1. The zero-order valence-electron chi connectivity index (χ0n) is 13.1. The average molecular weight is 282 g/mol. The van der Waals surface area contributed by atoms with Crippen LogP contribution in [0, 0.1) is 13.8 Å². The summed E-state index contributed by atoms with van der Waals surface area (Å²) in [5.41, 5.74) is 8.16. The number of nitrogens with two attached hydrogens (primary N) is 1. The highest BCUT2D eigenvalue weighted by Gasteiger charge is 2.20. The lowest BCUT2D eigenvalue weighted by atomic mass is 10.2. The number of hydrogen-bond donors (Lipinski definition) is 1. The van der Waals surface area contributed by atoms with E-state index in [-0.39, 0.29) is 18.5 Å². The summed E-state index contributed by atoms with van der Waals surface area (Å²) in [4.78, 5) is 14.3. The summed E-state index contributed by atoms with van der Waals surface area (Å²) in [7, 11) is 1.64. The second-order valence-electron chi connectivity index (χ2n) is 5.08. The molecule has 20 heavy (non-hydrogen) atoms. The molecular weight excluding hydrogens is 256 g/mol. The van der Waals surface area contributed by atoms with Crippen molar-refractivity contribution in [3.05, 3.63) is 11.4 Å². The SMILES string of the molecule is CCC(C)N(CCOC)C(=O)Cn1nc(C)c(N)c1C. The van der Waals surface area contributed by atoms with Gasteiger partial charge in [0.2, 0.25) is 5.91 Å². The van der Waals surface area contributed by atoms with Crippen LogP contribution in [0.5, 0.6) is 0 Å². The Morgan fingerprint density at radius 2 is 2.15 bits per heavy atom. The minimum absolute atomic E-state index is 0.0435. The van der Waals surface area contributed by atoms with Gasteiger partial charge in [0.05, 0.1) is 23.7 Å². The molecule has 0 saturated heterocycles. The Morgan fingerprint density at radius 1 is 1.50 bits per heavy atom. The van der Waals surface area contributed by atoms with Gasteiger partial charge < -0.3 is 15.4 Å². The van der Waals surface area contributed by atoms with Crippen LogP contribution in [0.3, 0.4) is 0 Å². The van der Waals surface area contributed by atoms with Crippen LogP contribution >= 0.6 is 0 Å². The van der Waals surface area contributed by atoms with Crippen LogP contribution in [-0.4, -0.2) is 46.9 Å². The molecule has 1 aromatic rings. The topological polar surface area (TPSA) is 73.4 Å². The lowest BCUT2D eigenvalue weighted by Crippen LogP contribution is -2.42. The molecule has 0 spiro atoms. The fraction of sp³-hybridized carbons (Fsp3) is 0.714. The number of rotatable bonds is 7. The quantitative estimate of drug-likeness (QED) is 0.819. The first kappa shape index (κ1) is 16.5. The van der Waals surface area contributed by atoms with Gasteiger partial charge in [0, 0.05) is 19.7 Å². The van der Waals surface area contributed by atoms with Crippen LogP contribution in [0.4, 0.5) is 5.69 Å². The molecule has 0 aliphatic heterocycles. The number of hydrogen-bond acceptors (Lipinski definition) is 4. The molecule has 1 unspecified atom stereocenters. The van der Waals surface area contributed by atoms with E-state index in [4.69, 9.17) is 10.5 Å². The lowest BCUT2D eigenvalue weighted by Gasteiger charge is -2.28. The van der Waals surface area contributed by atoms with Crippen LogP contribution in [0.2, 0.25) is 0 Å². The van der Waals surface area contributed by atoms with Gasteiger partial charge in [0.15, 0.2) is 0 Å². The predicted octanol–water partition coefficient (Wildman–Crippen LogP) is 1.36. The smallest absolute Gasteiger partial charge is 0.244 e. The van der Waals surface area contributed by atoms with E-state index >= 15 is 0 Å². The predicted molar refractivity (Wildman–Crippen MR) is 79.5 cm³/mol. The second kappa shape index (κ2) is 7.28. The van der Waals surface area contributed by atoms with Crippen molar-refractivity contribution in [3.63, 3.8) is 0 Å². The number of anilines is 1. The number of methoxy groups -OCH3 is 1. The number of nitrogens with zero attached hydrogens (tertiary/aromatic N) is 3. The maximum Gasteiger partial charge on any atom is 0.244 e. The first-order valence-corrected chi connectivity index (χ1v) is 7.00. The molecule has 1 atom stereocenters. The first-order valence-electron chi connectivity index (χ1n) is 7.00. The van der Waals surface area contributed by atoms with Crippen LogP contribution in [0.15, 0.2) is 0 Å². The minimum atomic E-state index is 0.0435. The highest BCUT2D eigenvalue weighted by atomic mass is 16.5. The Kier molecular flexibility index (Phi) is 6.01. The number of carbonyl (C=O) groups excluding carboxylic acids is 1. The summed E-state index contributed by atoms with van der Waals surface area (Å²) in [6.45, 7) is 9.20. The third-order valence-electron chi connectivity index (χ3n) is 3.70. The Balaban J connectivity index is 2.81. The van der Waals surface area contributed by atoms with Gasteiger partial charge >= 0.3 is 0 Å². The molecular formula is C14H26N4O2. The van der Waals surface area contributed by atoms with Gasteiger partial charge in [-0.05, 0) is 27.2 Å². The third kappa shape index (κ3) is 3.72. The fourth-order valence-electron chi connectivity index (χ4n) is 2.08. The second-order valence-corrected chi connectivity index (χ2v) is 5.08. The van der Waals surface area contributed by atoms with Crippen molar-refractivity contribution in [3.8, 4) is 0 Å². The molecule has 1 aromatic heterocycles. The average Bonchev–Trinajstić information content (AvgIpc) is 2.66. The van der Waals surface area contributed by atoms with E-state index in [0.29, 0.717) is 18.8 Å². The van der Waals surface area contributed by atoms with Gasteiger partial charge in [-0.15, -0.1) is 0 Å². The molecule has 6 heteroatoms. The summed E-state index contributed by atoms with van der Waals surface area (Å²) in [5, 5.41) is 4.31. The normalized spacial score (nSPS) is 12.4. The Morgan fingerprint density at radius 3 is 2.60 bits per heavy atom. The van der Waals surface area contributed by atoms with Gasteiger partial charge in [-0.25, -0.2) is 0 Å². The van der Waals surface area contributed by atoms with E-state index in [1.54, 1.807) is 11.8 Å². The molecule has 0 saturated carbocycles. The van der Waals surface area contributed by atoms with Crippen molar-refractivity contribution in [2.75, 3.05) is 26.0 Å². The number of aromatic nitrogens is 2. The van der Waals surface area contributed by atoms with Gasteiger partial charge in [-0.1, -0.05) is 6.92 Å². The standard InChI is InChI=1S/C14H26N4O2/c1-6-10(2)17(7-8-20-5)13(19)9-18-12(4)14(15)11(3)16-18/h10H,6-9,15H2,1-5H3. The van der Waals surface area contributed by atoms with Gasteiger partial charge in [0.25, 0.3) is 0 Å². The number of carbonyl (C=O) groups is 1. The molecule has 0 aliphatic rings. The van der Waals surface area contributed by atoms with E-state index in [2.05, 4.69) is 12.0 Å². The largest absolute Gasteiger partial charge is 0.396 e. The molecule has 0 aliphatic carbocycles. The molecule has 0 radical (unpaired) electrons. The maximum absolute atomic E-state index is 12.5. The van der Waals surface area contributed by atoms with Gasteiger partial charge in [0.1, 0.15) is 6.54 Å². The van der Waals surface area contributed by atoms with Crippen molar-refractivity contribution in [2.45, 2.75) is 46.7 Å². The van der Waals surface area contributed by atoms with Gasteiger partial charge in [-0.3, -0.25) is 9.48 Å². The molecule has 1 heterocycles. The van der Waals surface area contributed by atoms with Crippen molar-refractivity contribution in [2.24, 2.45) is 0 Å². The molecule has 0 bridgehead atoms. The number of ether oxygens (including phenoxy) is 1. The van der Waals surface area contributed by atoms with E-state index < -0.39 is 0 Å². The zero-order valence-corrected chi connectivity index (χ0v) is 13.1. The van der Waals surface area contributed by atoms with Crippen LogP contribution in [-0.2, 0) is 16.1 Å². The third-order valence-corrected chi connectivity index (χ3v) is 3.70. The highest BCUT2D eigenvalue weighted by molar-refractivity contribution is 5.76. The van der Waals surface area contributed by atoms with E-state index in [9.17, 15) is 4.79 Å². The van der Waals surface area contributed by atoms with Crippen molar-refractivity contribution >= 4 is 11.6 Å². The maximum atomic E-state index is 12.5. The first-order chi connectivity index (χ1) is 9.42. The van der Waals surface area contributed by atoms with Crippen LogP contribution in [0.1, 0.15) is 31.7 Å². The summed E-state index contributed by atoms with van der Waals surface area (Å²) < 4.78 is 6.75. The van der Waals surface area contributed by atoms with E-state index in [1.807, 2.05) is 25.7 Å². The molecule has 0 fully saturated rings. The number of aryl methyl sites for hydroxylation is 1. The molecule has 114 valence electrons. The fourth-order valence-corrected chi connectivity index (χ4v) is 2.08. The Bertz CT molecular complexity index is 456. The monoisotopic (exact) mass is 282 g/mol. The zero-order chi connectivity index (χ0) is 15.3. The summed E-state index contributed by atoms with van der Waals surface area (Å²) in [5.74, 6) is 0.0435. The van der Waals surface area contributed by atoms with Crippen molar-refractivity contribution < 1.29 is 9.53 Å². The van der Waals surface area contributed by atoms with E-state index in [0.717, 1.165) is 17.8 Å². The van der Waals surface area contributed by atoms with Crippen molar-refractivity contribution in [1.82, 2.24) is 14.7 Å².